The summed E-state index contributed by atoms with van der Waals surface area (Å²) < 4.78 is 15.8. The molecule has 152 valence electrons. The molecule has 2 heterocycles. The fourth-order valence-electron chi connectivity index (χ4n) is 3.49. The van der Waals surface area contributed by atoms with Gasteiger partial charge in [0, 0.05) is 23.9 Å². The number of hydrogen-bond donors (Lipinski definition) is 1. The molecular formula is C23H22FN5O. The Hall–Kier alpha value is -3.61. The maximum absolute atomic E-state index is 13.8. The number of anilines is 1. The molecule has 4 rings (SSSR count). The van der Waals surface area contributed by atoms with E-state index >= 15 is 0 Å². The zero-order chi connectivity index (χ0) is 21.4. The van der Waals surface area contributed by atoms with Gasteiger partial charge in [-0.2, -0.15) is 0 Å². The van der Waals surface area contributed by atoms with E-state index in [1.165, 1.54) is 18.3 Å². The first kappa shape index (κ1) is 19.7. The van der Waals surface area contributed by atoms with Gasteiger partial charge in [0.25, 0.3) is 5.91 Å². The minimum Gasteiger partial charge on any atom is -0.321 e. The number of rotatable bonds is 4. The average molecular weight is 403 g/mol. The van der Waals surface area contributed by atoms with Crippen molar-refractivity contribution < 1.29 is 9.18 Å². The van der Waals surface area contributed by atoms with Gasteiger partial charge in [0.1, 0.15) is 17.3 Å². The number of benzene rings is 2. The Morgan fingerprint density at radius 2 is 1.90 bits per heavy atom. The van der Waals surface area contributed by atoms with Gasteiger partial charge in [0.2, 0.25) is 0 Å². The highest BCUT2D eigenvalue weighted by Gasteiger charge is 2.20. The minimum absolute atomic E-state index is 0.0856. The van der Waals surface area contributed by atoms with Crippen molar-refractivity contribution in [3.8, 4) is 11.4 Å². The summed E-state index contributed by atoms with van der Waals surface area (Å²) in [5.74, 6) is -0.0194. The summed E-state index contributed by atoms with van der Waals surface area (Å²) >= 11 is 0. The van der Waals surface area contributed by atoms with E-state index < -0.39 is 0 Å². The van der Waals surface area contributed by atoms with Crippen molar-refractivity contribution in [2.45, 2.75) is 33.7 Å². The zero-order valence-electron chi connectivity index (χ0n) is 17.3. The van der Waals surface area contributed by atoms with Gasteiger partial charge in [-0.25, -0.2) is 14.4 Å². The molecule has 0 fully saturated rings. The van der Waals surface area contributed by atoms with Crippen molar-refractivity contribution in [2.75, 3.05) is 5.32 Å². The molecule has 0 unspecified atom stereocenters. The largest absolute Gasteiger partial charge is 0.321 e. The van der Waals surface area contributed by atoms with Crippen LogP contribution in [0.1, 0.15) is 41.6 Å². The lowest BCUT2D eigenvalue weighted by molar-refractivity contribution is 0.102. The monoisotopic (exact) mass is 403 g/mol. The molecule has 7 heteroatoms. The fourth-order valence-corrected chi connectivity index (χ4v) is 3.49. The summed E-state index contributed by atoms with van der Waals surface area (Å²) in [6.07, 6.45) is 3.01. The molecule has 0 radical (unpaired) electrons. The van der Waals surface area contributed by atoms with Gasteiger partial charge in [-0.3, -0.25) is 9.78 Å². The first-order valence-electron chi connectivity index (χ1n) is 9.72. The molecule has 0 aliphatic heterocycles. The van der Waals surface area contributed by atoms with E-state index in [4.69, 9.17) is 4.98 Å². The van der Waals surface area contributed by atoms with Crippen molar-refractivity contribution in [1.82, 2.24) is 19.5 Å². The number of imidazole rings is 1. The first-order chi connectivity index (χ1) is 14.3. The molecule has 0 aliphatic rings. The number of fused-ring (bicyclic) bond motifs is 1. The molecule has 1 N–H and O–H groups in total. The molecule has 0 saturated carbocycles. The number of halogens is 1. The van der Waals surface area contributed by atoms with Gasteiger partial charge in [0.15, 0.2) is 0 Å². The molecule has 4 aromatic rings. The third kappa shape index (κ3) is 3.54. The summed E-state index contributed by atoms with van der Waals surface area (Å²) in [5.41, 5.74) is 4.66. The molecule has 2 aromatic carbocycles. The quantitative estimate of drug-likeness (QED) is 0.516. The lowest BCUT2D eigenvalue weighted by Gasteiger charge is -2.17. The topological polar surface area (TPSA) is 72.7 Å². The molecule has 30 heavy (non-hydrogen) atoms. The van der Waals surface area contributed by atoms with Crippen LogP contribution in [0.15, 0.2) is 48.8 Å². The van der Waals surface area contributed by atoms with Gasteiger partial charge in [0.05, 0.1) is 28.6 Å². The van der Waals surface area contributed by atoms with Crippen LogP contribution in [0.4, 0.5) is 10.1 Å². The smallest absolute Gasteiger partial charge is 0.275 e. The van der Waals surface area contributed by atoms with E-state index in [1.54, 1.807) is 12.3 Å². The second-order valence-electron chi connectivity index (χ2n) is 7.53. The maximum Gasteiger partial charge on any atom is 0.275 e. The normalized spacial score (nSPS) is 11.3. The molecule has 1 amide bonds. The van der Waals surface area contributed by atoms with Crippen LogP contribution in [0.25, 0.3) is 22.4 Å². The highest BCUT2D eigenvalue weighted by Crippen LogP contribution is 2.35. The van der Waals surface area contributed by atoms with Crippen LogP contribution in [0.2, 0.25) is 0 Å². The summed E-state index contributed by atoms with van der Waals surface area (Å²) in [7, 11) is 0. The Morgan fingerprint density at radius 3 is 2.60 bits per heavy atom. The van der Waals surface area contributed by atoms with Crippen molar-refractivity contribution in [3.05, 3.63) is 71.6 Å². The van der Waals surface area contributed by atoms with Crippen molar-refractivity contribution in [3.63, 3.8) is 0 Å². The van der Waals surface area contributed by atoms with Crippen LogP contribution in [0.5, 0.6) is 0 Å². The average Bonchev–Trinajstić information content (AvgIpc) is 3.08. The third-order valence-corrected chi connectivity index (χ3v) is 4.93. The zero-order valence-corrected chi connectivity index (χ0v) is 17.3. The second kappa shape index (κ2) is 7.67. The van der Waals surface area contributed by atoms with E-state index in [0.29, 0.717) is 17.0 Å². The number of hydrogen-bond acceptors (Lipinski definition) is 4. The van der Waals surface area contributed by atoms with Gasteiger partial charge in [-0.1, -0.05) is 12.1 Å². The van der Waals surface area contributed by atoms with Gasteiger partial charge < -0.3 is 9.88 Å². The lowest BCUT2D eigenvalue weighted by atomic mass is 10.1. The standard InChI is InChI=1S/C23H22FN5O/c1-13(2)29-20-9-8-16(24)10-18(20)27-22(29)17-7-5-6-14(3)21(17)28-23(30)19-12-25-15(4)11-26-19/h5-13H,1-4H3,(H,28,30). The van der Waals surface area contributed by atoms with Crippen LogP contribution < -0.4 is 5.32 Å². The van der Waals surface area contributed by atoms with Crippen molar-refractivity contribution in [2.24, 2.45) is 0 Å². The second-order valence-corrected chi connectivity index (χ2v) is 7.53. The maximum atomic E-state index is 13.8. The first-order valence-corrected chi connectivity index (χ1v) is 9.72. The van der Waals surface area contributed by atoms with Crippen LogP contribution in [0, 0.1) is 19.7 Å². The van der Waals surface area contributed by atoms with E-state index in [-0.39, 0.29) is 23.5 Å². The van der Waals surface area contributed by atoms with E-state index in [9.17, 15) is 9.18 Å². The van der Waals surface area contributed by atoms with E-state index in [0.717, 1.165) is 22.3 Å². The number of amides is 1. The Bertz CT molecular complexity index is 1240. The Labute approximate surface area is 173 Å². The number of carbonyl (C=O) groups is 1. The summed E-state index contributed by atoms with van der Waals surface area (Å²) in [6, 6.07) is 10.4. The number of aromatic nitrogens is 4. The molecule has 6 nitrogen and oxygen atoms in total. The van der Waals surface area contributed by atoms with Crippen LogP contribution in [0.3, 0.4) is 0 Å². The number of aryl methyl sites for hydroxylation is 2. The van der Waals surface area contributed by atoms with Crippen molar-refractivity contribution in [1.29, 1.82) is 0 Å². The Balaban J connectivity index is 1.85. The van der Waals surface area contributed by atoms with Gasteiger partial charge in [-0.15, -0.1) is 0 Å². The predicted molar refractivity (Wildman–Crippen MR) is 115 cm³/mol. The Morgan fingerprint density at radius 1 is 1.10 bits per heavy atom. The summed E-state index contributed by atoms with van der Waals surface area (Å²) in [6.45, 7) is 7.82. The van der Waals surface area contributed by atoms with Gasteiger partial charge >= 0.3 is 0 Å². The van der Waals surface area contributed by atoms with Crippen LogP contribution in [-0.4, -0.2) is 25.4 Å². The number of nitrogens with zero attached hydrogens (tertiary/aromatic N) is 4. The summed E-state index contributed by atoms with van der Waals surface area (Å²) in [4.78, 5) is 25.8. The molecule has 0 bridgehead atoms. The third-order valence-electron chi connectivity index (χ3n) is 4.93. The lowest BCUT2D eigenvalue weighted by Crippen LogP contribution is -2.16. The van der Waals surface area contributed by atoms with E-state index in [1.807, 2.05) is 50.5 Å². The molecule has 0 spiro atoms. The molecule has 0 atom stereocenters. The molecular weight excluding hydrogens is 381 g/mol. The van der Waals surface area contributed by atoms with Crippen molar-refractivity contribution >= 4 is 22.6 Å². The van der Waals surface area contributed by atoms with Gasteiger partial charge in [-0.05, 0) is 51.5 Å². The number of nitrogens with one attached hydrogen (secondary N) is 1. The highest BCUT2D eigenvalue weighted by atomic mass is 19.1. The SMILES string of the molecule is Cc1cnc(C(=O)Nc2c(C)cccc2-c2nc3cc(F)ccc3n2C(C)C)cn1. The number of para-hydroxylation sites is 1. The fraction of sp³-hybridized carbons (Fsp3) is 0.217. The predicted octanol–water partition coefficient (Wildman–Crippen LogP) is 5.08. The molecule has 2 aromatic heterocycles. The highest BCUT2D eigenvalue weighted by molar-refractivity contribution is 6.05. The molecule has 0 aliphatic carbocycles. The Kier molecular flexibility index (Phi) is 5.03. The summed E-state index contributed by atoms with van der Waals surface area (Å²) in [5, 5.41) is 2.97. The molecule has 0 saturated heterocycles. The number of carbonyl (C=O) groups excluding carboxylic acids is 1. The van der Waals surface area contributed by atoms with Crippen LogP contribution in [-0.2, 0) is 0 Å². The van der Waals surface area contributed by atoms with Crippen LogP contribution >= 0.6 is 0 Å². The minimum atomic E-state index is -0.351. The van der Waals surface area contributed by atoms with E-state index in [2.05, 4.69) is 15.3 Å².